The van der Waals surface area contributed by atoms with Gasteiger partial charge in [0.1, 0.15) is 0 Å². The van der Waals surface area contributed by atoms with Crippen LogP contribution in [-0.2, 0) is 5.41 Å². The molecule has 9 rings (SSSR count). The normalized spacial score (nSPS) is 13.8. The van der Waals surface area contributed by atoms with E-state index in [-0.39, 0.29) is 5.41 Å². The molecule has 1 heteroatoms. The second-order valence-electron chi connectivity index (χ2n) is 14.1. The number of benzene rings is 8. The van der Waals surface area contributed by atoms with Crippen LogP contribution in [0.2, 0.25) is 0 Å². The smallest absolute Gasteiger partial charge is 0.0621 e. The molecule has 0 bridgehead atoms. The molecule has 0 saturated carbocycles. The summed E-state index contributed by atoms with van der Waals surface area (Å²) in [6.45, 7) is 2.53. The van der Waals surface area contributed by atoms with E-state index >= 15 is 0 Å². The third-order valence-electron chi connectivity index (χ3n) is 11.5. The van der Waals surface area contributed by atoms with E-state index < -0.39 is 6.85 Å². The molecule has 0 atom stereocenters. The summed E-state index contributed by atoms with van der Waals surface area (Å²) in [6.07, 6.45) is 2.02. The fourth-order valence-electron chi connectivity index (χ4n) is 8.75. The van der Waals surface area contributed by atoms with Gasteiger partial charge in [0.15, 0.2) is 0 Å². The van der Waals surface area contributed by atoms with Gasteiger partial charge in [-0.1, -0.05) is 171 Å². The van der Waals surface area contributed by atoms with Crippen LogP contribution in [0.15, 0.2) is 182 Å². The van der Waals surface area contributed by atoms with Gasteiger partial charge in [-0.2, -0.15) is 0 Å². The summed E-state index contributed by atoms with van der Waals surface area (Å²) in [4.78, 5) is 2.45. The van der Waals surface area contributed by atoms with E-state index in [1.807, 2.05) is 12.1 Å². The molecule has 0 saturated heterocycles. The second-order valence-corrected chi connectivity index (χ2v) is 14.1. The lowest BCUT2D eigenvalue weighted by molar-refractivity contribution is 0.491. The largest absolute Gasteiger partial charge is 0.309 e. The Morgan fingerprint density at radius 2 is 0.981 bits per heavy atom. The molecule has 256 valence electrons. The quantitative estimate of drug-likeness (QED) is 0.154. The molecule has 8 aromatic carbocycles. The highest BCUT2D eigenvalue weighted by molar-refractivity contribution is 6.10. The van der Waals surface area contributed by atoms with Crippen LogP contribution in [-0.4, -0.2) is 0 Å². The topological polar surface area (TPSA) is 3.24 Å². The summed E-state index contributed by atoms with van der Waals surface area (Å²) in [6, 6.07) is 64.5. The zero-order valence-corrected chi connectivity index (χ0v) is 30.2. The lowest BCUT2D eigenvalue weighted by Gasteiger charge is -2.32. The van der Waals surface area contributed by atoms with Crippen molar-refractivity contribution in [3.8, 4) is 44.5 Å². The van der Waals surface area contributed by atoms with Gasteiger partial charge in [-0.25, -0.2) is 0 Å². The Labute approximate surface area is 318 Å². The Morgan fingerprint density at radius 3 is 1.60 bits per heavy atom. The van der Waals surface area contributed by atoms with Crippen molar-refractivity contribution in [2.45, 2.75) is 39.0 Å². The van der Waals surface area contributed by atoms with Crippen LogP contribution in [0.5, 0.6) is 0 Å². The summed E-state index contributed by atoms with van der Waals surface area (Å²) in [5, 5.41) is 2.43. The fourth-order valence-corrected chi connectivity index (χ4v) is 8.75. The molecule has 8 aromatic rings. The molecule has 0 aromatic heterocycles. The molecular formula is C52H43N. The highest BCUT2D eigenvalue weighted by Crippen LogP contribution is 2.59. The van der Waals surface area contributed by atoms with Crippen LogP contribution in [0.3, 0.4) is 0 Å². The van der Waals surface area contributed by atoms with Gasteiger partial charge in [0.05, 0.1) is 5.69 Å². The van der Waals surface area contributed by atoms with Crippen LogP contribution in [0, 0.1) is 6.85 Å². The van der Waals surface area contributed by atoms with E-state index in [4.69, 9.17) is 4.11 Å². The number of nitrogens with zero attached hydrogens (tertiary/aromatic N) is 1. The molecule has 0 N–H and O–H groups in total. The Hall–Kier alpha value is -6.18. The van der Waals surface area contributed by atoms with Gasteiger partial charge in [-0.05, 0) is 105 Å². The van der Waals surface area contributed by atoms with Gasteiger partial charge in [0.2, 0.25) is 0 Å². The van der Waals surface area contributed by atoms with E-state index in [0.717, 1.165) is 40.9 Å². The summed E-state index contributed by atoms with van der Waals surface area (Å²) >= 11 is 0. The van der Waals surface area contributed by atoms with Crippen molar-refractivity contribution >= 4 is 27.8 Å². The first-order valence-corrected chi connectivity index (χ1v) is 18.7. The molecule has 0 radical (unpaired) electrons. The lowest BCUT2D eigenvalue weighted by Crippen LogP contribution is -2.23. The molecular weight excluding hydrogens is 639 g/mol. The molecule has 0 amide bonds. The first kappa shape index (κ1) is 29.4. The van der Waals surface area contributed by atoms with E-state index in [1.165, 1.54) is 55.4 Å². The van der Waals surface area contributed by atoms with Crippen molar-refractivity contribution in [1.82, 2.24) is 0 Å². The van der Waals surface area contributed by atoms with Crippen LogP contribution < -0.4 is 4.90 Å². The Balaban J connectivity index is 1.25. The first-order chi connectivity index (χ1) is 27.3. The number of hydrogen-bond acceptors (Lipinski definition) is 1. The molecule has 0 fully saturated rings. The first-order valence-electron chi connectivity index (χ1n) is 20.2. The molecule has 0 aliphatic heterocycles. The third kappa shape index (κ3) is 5.47. The Morgan fingerprint density at radius 1 is 0.472 bits per heavy atom. The highest BCUT2D eigenvalue weighted by Gasteiger charge is 2.43. The standard InChI is InChI=1S/C52H43N/c1-4-52(5-2)48-22-14-13-21-47(48)50-49(52)35-41-17-9-10-20-46(41)51(50)53(42-31-27-38(28-32-42)37-25-23-36(3)24-26-37)43-33-29-40(30-34-43)45-19-12-11-18-44(45)39-15-7-6-8-16-39/h6-35H,4-5H2,1-3H3/i3D3. The van der Waals surface area contributed by atoms with Gasteiger partial charge in [0, 0.05) is 31.9 Å². The monoisotopic (exact) mass is 684 g/mol. The zero-order valence-electron chi connectivity index (χ0n) is 33.2. The predicted octanol–water partition coefficient (Wildman–Crippen LogP) is 14.7. The van der Waals surface area contributed by atoms with Crippen LogP contribution in [0.25, 0.3) is 55.3 Å². The van der Waals surface area contributed by atoms with Gasteiger partial charge in [-0.15, -0.1) is 0 Å². The number of hydrogen-bond donors (Lipinski definition) is 0. The molecule has 1 aliphatic carbocycles. The van der Waals surface area contributed by atoms with Crippen LogP contribution in [0.1, 0.15) is 47.5 Å². The third-order valence-corrected chi connectivity index (χ3v) is 11.5. The average molecular weight is 685 g/mol. The van der Waals surface area contributed by atoms with Crippen molar-refractivity contribution in [3.05, 3.63) is 199 Å². The summed E-state index contributed by atoms with van der Waals surface area (Å²) in [5.41, 5.74) is 15.7. The molecule has 53 heavy (non-hydrogen) atoms. The van der Waals surface area contributed by atoms with Gasteiger partial charge < -0.3 is 4.90 Å². The van der Waals surface area contributed by atoms with E-state index in [2.05, 4.69) is 176 Å². The minimum atomic E-state index is -2.13. The maximum Gasteiger partial charge on any atom is 0.0621 e. The number of anilines is 3. The summed E-state index contributed by atoms with van der Waals surface area (Å²) < 4.78 is 23.5. The molecule has 0 spiro atoms. The van der Waals surface area contributed by atoms with Gasteiger partial charge in [0.25, 0.3) is 0 Å². The van der Waals surface area contributed by atoms with E-state index in [1.54, 1.807) is 12.1 Å². The van der Waals surface area contributed by atoms with Crippen LogP contribution in [0.4, 0.5) is 17.1 Å². The fraction of sp³-hybridized carbons (Fsp3) is 0.115. The number of fused-ring (bicyclic) bond motifs is 4. The zero-order chi connectivity index (χ0) is 38.4. The minimum Gasteiger partial charge on any atom is -0.309 e. The van der Waals surface area contributed by atoms with E-state index in [9.17, 15) is 0 Å². The molecule has 0 heterocycles. The summed E-state index contributed by atoms with van der Waals surface area (Å²) in [7, 11) is 0. The minimum absolute atomic E-state index is 0.0911. The van der Waals surface area contributed by atoms with Crippen molar-refractivity contribution in [2.75, 3.05) is 4.90 Å². The number of aryl methyl sites for hydroxylation is 1. The van der Waals surface area contributed by atoms with Crippen molar-refractivity contribution < 1.29 is 4.11 Å². The Bertz CT molecular complexity index is 2670. The SMILES string of the molecule is [2H]C([2H])([2H])c1ccc(-c2ccc(N(c3ccc(-c4ccccc4-c4ccccc4)cc3)c3c4c(cc5ccccc35)C(CC)(CC)c3ccccc3-4)cc2)cc1. The highest BCUT2D eigenvalue weighted by atomic mass is 15.1. The lowest BCUT2D eigenvalue weighted by atomic mass is 9.73. The van der Waals surface area contributed by atoms with Crippen molar-refractivity contribution in [1.29, 1.82) is 0 Å². The molecule has 1 nitrogen and oxygen atoms in total. The maximum absolute atomic E-state index is 7.83. The predicted molar refractivity (Wildman–Crippen MR) is 226 cm³/mol. The average Bonchev–Trinajstić information content (AvgIpc) is 3.53. The maximum atomic E-state index is 7.83. The molecule has 0 unspecified atom stereocenters. The number of rotatable bonds is 8. The van der Waals surface area contributed by atoms with E-state index in [0.29, 0.717) is 5.56 Å². The molecule has 1 aliphatic rings. The van der Waals surface area contributed by atoms with Crippen molar-refractivity contribution in [3.63, 3.8) is 0 Å². The Kier molecular flexibility index (Phi) is 7.44. The summed E-state index contributed by atoms with van der Waals surface area (Å²) in [5.74, 6) is 0. The van der Waals surface area contributed by atoms with Crippen molar-refractivity contribution in [2.24, 2.45) is 0 Å². The van der Waals surface area contributed by atoms with Crippen LogP contribution >= 0.6 is 0 Å². The van der Waals surface area contributed by atoms with Gasteiger partial charge in [-0.3, -0.25) is 0 Å². The second kappa shape index (κ2) is 13.4. The van der Waals surface area contributed by atoms with Gasteiger partial charge >= 0.3 is 0 Å².